The Morgan fingerprint density at radius 2 is 1.85 bits per heavy atom. The molecule has 0 aliphatic carbocycles. The molecule has 1 atom stereocenters. The summed E-state index contributed by atoms with van der Waals surface area (Å²) in [5, 5.41) is 12.2. The molecule has 2 aromatic rings. The van der Waals surface area contributed by atoms with Crippen LogP contribution < -0.4 is 5.32 Å². The zero-order valence-corrected chi connectivity index (χ0v) is 15.0. The first-order valence-corrected chi connectivity index (χ1v) is 9.54. The van der Waals surface area contributed by atoms with Gasteiger partial charge in [-0.25, -0.2) is 0 Å². The van der Waals surface area contributed by atoms with Crippen LogP contribution in [0.4, 0.5) is 5.69 Å². The molecule has 3 aliphatic rings. The Hall–Kier alpha value is -2.17. The number of benzene rings is 2. The van der Waals surface area contributed by atoms with E-state index in [1.165, 1.54) is 25.9 Å². The highest BCUT2D eigenvalue weighted by Crippen LogP contribution is 2.34. The fourth-order valence-electron chi connectivity index (χ4n) is 4.35. The summed E-state index contributed by atoms with van der Waals surface area (Å²) >= 11 is 0. The summed E-state index contributed by atoms with van der Waals surface area (Å²) in [6.45, 7) is 3.55. The van der Waals surface area contributed by atoms with E-state index in [4.69, 9.17) is 5.11 Å². The summed E-state index contributed by atoms with van der Waals surface area (Å²) in [7, 11) is 0. The number of hydrogen-bond acceptors (Lipinski definition) is 3. The van der Waals surface area contributed by atoms with Crippen LogP contribution in [0, 0.1) is 11.8 Å². The molecule has 0 aromatic heterocycles. The predicted molar refractivity (Wildman–Crippen MR) is 104 cm³/mol. The lowest BCUT2D eigenvalue weighted by Gasteiger charge is -2.44. The number of nitrogens with zero attached hydrogens (tertiary/aromatic N) is 1. The molecule has 26 heavy (non-hydrogen) atoms. The monoisotopic (exact) mass is 350 g/mol. The van der Waals surface area contributed by atoms with Crippen LogP contribution in [0.2, 0.25) is 0 Å². The molecule has 4 nitrogen and oxygen atoms in total. The molecule has 0 spiro atoms. The van der Waals surface area contributed by atoms with Crippen molar-refractivity contribution in [3.05, 3.63) is 54.1 Å². The number of anilines is 1. The second kappa shape index (κ2) is 7.60. The highest BCUT2D eigenvalue weighted by Gasteiger charge is 2.34. The lowest BCUT2D eigenvalue weighted by atomic mass is 9.77. The molecule has 4 heteroatoms. The molecule has 3 fully saturated rings. The third-order valence-electron chi connectivity index (χ3n) is 5.86. The standard InChI is InChI=1S/C22H26N2O2/c25-15-16-4-6-17(7-5-16)19-2-1-3-21(12-19)23-22(26)13-20-14-24-10-8-18(20)9-11-24/h1-7,12,18,20,25H,8-11,13-15H2,(H,23,26). The number of carbonyl (C=O) groups excluding carboxylic acids is 1. The Balaban J connectivity index is 1.40. The Morgan fingerprint density at radius 1 is 1.08 bits per heavy atom. The van der Waals surface area contributed by atoms with Crippen molar-refractivity contribution in [2.45, 2.75) is 25.9 Å². The molecule has 2 aromatic carbocycles. The fourth-order valence-corrected chi connectivity index (χ4v) is 4.35. The minimum atomic E-state index is 0.0516. The second-order valence-corrected chi connectivity index (χ2v) is 7.59. The summed E-state index contributed by atoms with van der Waals surface area (Å²) < 4.78 is 0. The molecule has 3 saturated heterocycles. The first-order valence-electron chi connectivity index (χ1n) is 9.54. The molecule has 0 saturated carbocycles. The van der Waals surface area contributed by atoms with Crippen LogP contribution in [0.3, 0.4) is 0 Å². The van der Waals surface area contributed by atoms with Crippen molar-refractivity contribution in [2.24, 2.45) is 11.8 Å². The molecule has 1 unspecified atom stereocenters. The van der Waals surface area contributed by atoms with Crippen molar-refractivity contribution in [1.29, 1.82) is 0 Å². The predicted octanol–water partition coefficient (Wildman–Crippen LogP) is 3.52. The number of amides is 1. The van der Waals surface area contributed by atoms with Gasteiger partial charge in [-0.1, -0.05) is 36.4 Å². The minimum Gasteiger partial charge on any atom is -0.392 e. The van der Waals surface area contributed by atoms with Crippen molar-refractivity contribution < 1.29 is 9.90 Å². The van der Waals surface area contributed by atoms with E-state index in [9.17, 15) is 4.79 Å². The van der Waals surface area contributed by atoms with Gasteiger partial charge in [-0.3, -0.25) is 4.79 Å². The summed E-state index contributed by atoms with van der Waals surface area (Å²) in [4.78, 5) is 15.0. The average Bonchev–Trinajstić information content (AvgIpc) is 2.69. The maximum Gasteiger partial charge on any atom is 0.224 e. The van der Waals surface area contributed by atoms with Gasteiger partial charge in [0.25, 0.3) is 0 Å². The van der Waals surface area contributed by atoms with Crippen LogP contribution in [0.15, 0.2) is 48.5 Å². The average molecular weight is 350 g/mol. The van der Waals surface area contributed by atoms with Gasteiger partial charge >= 0.3 is 0 Å². The topological polar surface area (TPSA) is 52.6 Å². The van der Waals surface area contributed by atoms with Gasteiger partial charge in [-0.2, -0.15) is 0 Å². The summed E-state index contributed by atoms with van der Waals surface area (Å²) in [6, 6.07) is 15.8. The van der Waals surface area contributed by atoms with Crippen LogP contribution >= 0.6 is 0 Å². The van der Waals surface area contributed by atoms with Gasteiger partial charge in [0.1, 0.15) is 0 Å². The number of rotatable bonds is 5. The molecule has 5 rings (SSSR count). The van der Waals surface area contributed by atoms with Crippen LogP contribution in [0.25, 0.3) is 11.1 Å². The van der Waals surface area contributed by atoms with Gasteiger partial charge in [0.15, 0.2) is 0 Å². The van der Waals surface area contributed by atoms with Crippen molar-refractivity contribution in [2.75, 3.05) is 25.0 Å². The summed E-state index contributed by atoms with van der Waals surface area (Å²) in [5.41, 5.74) is 3.89. The fraction of sp³-hybridized carbons (Fsp3) is 0.409. The molecule has 0 radical (unpaired) electrons. The molecular weight excluding hydrogens is 324 g/mol. The molecule has 1 amide bonds. The van der Waals surface area contributed by atoms with Gasteiger partial charge in [0, 0.05) is 18.7 Å². The largest absolute Gasteiger partial charge is 0.392 e. The van der Waals surface area contributed by atoms with Crippen molar-refractivity contribution in [1.82, 2.24) is 4.90 Å². The lowest BCUT2D eigenvalue weighted by Crippen LogP contribution is -2.48. The maximum atomic E-state index is 12.5. The van der Waals surface area contributed by atoms with E-state index in [1.54, 1.807) is 0 Å². The SMILES string of the molecule is O=C(CC1CN2CCC1CC2)Nc1cccc(-c2ccc(CO)cc2)c1. The smallest absolute Gasteiger partial charge is 0.224 e. The number of aliphatic hydroxyl groups is 1. The number of carbonyl (C=O) groups is 1. The Kier molecular flexibility index (Phi) is 5.05. The van der Waals surface area contributed by atoms with E-state index in [0.29, 0.717) is 12.3 Å². The number of hydrogen-bond donors (Lipinski definition) is 2. The number of piperidine rings is 3. The number of fused-ring (bicyclic) bond motifs is 3. The van der Waals surface area contributed by atoms with Gasteiger partial charge in [0.05, 0.1) is 6.61 Å². The Morgan fingerprint density at radius 3 is 2.50 bits per heavy atom. The number of nitrogens with one attached hydrogen (secondary N) is 1. The zero-order chi connectivity index (χ0) is 17.9. The van der Waals surface area contributed by atoms with E-state index < -0.39 is 0 Å². The van der Waals surface area contributed by atoms with E-state index >= 15 is 0 Å². The first-order chi connectivity index (χ1) is 12.7. The van der Waals surface area contributed by atoms with Gasteiger partial charge in [-0.15, -0.1) is 0 Å². The normalized spacial score (nSPS) is 24.4. The van der Waals surface area contributed by atoms with E-state index in [1.807, 2.05) is 48.5 Å². The van der Waals surface area contributed by atoms with Crippen molar-refractivity contribution in [3.63, 3.8) is 0 Å². The van der Waals surface area contributed by atoms with E-state index in [-0.39, 0.29) is 12.5 Å². The van der Waals surface area contributed by atoms with Crippen LogP contribution in [0.1, 0.15) is 24.8 Å². The van der Waals surface area contributed by atoms with Crippen LogP contribution in [0.5, 0.6) is 0 Å². The maximum absolute atomic E-state index is 12.5. The highest BCUT2D eigenvalue weighted by molar-refractivity contribution is 5.91. The zero-order valence-electron chi connectivity index (χ0n) is 15.0. The number of aliphatic hydroxyl groups excluding tert-OH is 1. The van der Waals surface area contributed by atoms with Crippen molar-refractivity contribution >= 4 is 11.6 Å². The minimum absolute atomic E-state index is 0.0516. The molecule has 136 valence electrons. The van der Waals surface area contributed by atoms with Crippen molar-refractivity contribution in [3.8, 4) is 11.1 Å². The Bertz CT molecular complexity index is 764. The second-order valence-electron chi connectivity index (χ2n) is 7.59. The summed E-state index contributed by atoms with van der Waals surface area (Å²) in [6.07, 6.45) is 3.12. The Labute approximate surface area is 154 Å². The molecule has 3 heterocycles. The third-order valence-corrected chi connectivity index (χ3v) is 5.86. The third kappa shape index (κ3) is 3.81. The summed E-state index contributed by atoms with van der Waals surface area (Å²) in [5.74, 6) is 1.35. The first kappa shape index (κ1) is 17.3. The van der Waals surface area contributed by atoms with Gasteiger partial charge < -0.3 is 15.3 Å². The lowest BCUT2D eigenvalue weighted by molar-refractivity contribution is -0.118. The van der Waals surface area contributed by atoms with Crippen LogP contribution in [-0.4, -0.2) is 35.5 Å². The molecule has 2 N–H and O–H groups in total. The molecular formula is C22H26N2O2. The molecule has 2 bridgehead atoms. The van der Waals surface area contributed by atoms with Gasteiger partial charge in [0.2, 0.25) is 5.91 Å². The van der Waals surface area contributed by atoms with Gasteiger partial charge in [-0.05, 0) is 66.6 Å². The van der Waals surface area contributed by atoms with E-state index in [0.717, 1.165) is 34.8 Å². The van der Waals surface area contributed by atoms with Crippen LogP contribution in [-0.2, 0) is 11.4 Å². The highest BCUT2D eigenvalue weighted by atomic mass is 16.3. The molecule has 3 aliphatic heterocycles. The van der Waals surface area contributed by atoms with E-state index in [2.05, 4.69) is 10.2 Å². The quantitative estimate of drug-likeness (QED) is 0.867.